The number of hydrogen-bond acceptors (Lipinski definition) is 3. The maximum atomic E-state index is 11.9. The molecule has 0 radical (unpaired) electrons. The second-order valence-corrected chi connectivity index (χ2v) is 5.79. The molecule has 21 heavy (non-hydrogen) atoms. The third kappa shape index (κ3) is 4.63. The molecule has 0 spiro atoms. The lowest BCUT2D eigenvalue weighted by Gasteiger charge is -2.19. The van der Waals surface area contributed by atoms with Gasteiger partial charge in [-0.1, -0.05) is 30.3 Å². The van der Waals surface area contributed by atoms with E-state index in [0.717, 1.165) is 24.4 Å². The summed E-state index contributed by atoms with van der Waals surface area (Å²) in [5, 5.41) is 3.12. The minimum absolute atomic E-state index is 0.0349. The predicted octanol–water partition coefficient (Wildman–Crippen LogP) is 2.80. The molecular weight excluding hydrogens is 282 g/mol. The van der Waals surface area contributed by atoms with Crippen molar-refractivity contribution in [2.24, 2.45) is 0 Å². The largest absolute Gasteiger partial charge is 0.349 e. The third-order valence-corrected chi connectivity index (χ3v) is 3.95. The molecule has 1 N–H and O–H groups in total. The zero-order valence-electron chi connectivity index (χ0n) is 12.5. The van der Waals surface area contributed by atoms with Crippen LogP contribution in [0.2, 0.25) is 0 Å². The first-order valence-corrected chi connectivity index (χ1v) is 8.41. The Morgan fingerprint density at radius 1 is 1.38 bits per heavy atom. The Kier molecular flexibility index (Phi) is 5.87. The van der Waals surface area contributed by atoms with Gasteiger partial charge in [0.15, 0.2) is 0 Å². The van der Waals surface area contributed by atoms with Crippen molar-refractivity contribution >= 4 is 17.7 Å². The van der Waals surface area contributed by atoms with Crippen molar-refractivity contribution in [3.05, 3.63) is 54.1 Å². The Bertz CT molecular complexity index is 568. The first-order valence-electron chi connectivity index (χ1n) is 7.01. The Morgan fingerprint density at radius 3 is 2.76 bits per heavy atom. The summed E-state index contributed by atoms with van der Waals surface area (Å²) in [5.74, 6) is 1.57. The zero-order valence-corrected chi connectivity index (χ0v) is 13.3. The highest BCUT2D eigenvalue weighted by molar-refractivity contribution is 7.99. The number of rotatable bonds is 7. The van der Waals surface area contributed by atoms with Gasteiger partial charge >= 0.3 is 0 Å². The summed E-state index contributed by atoms with van der Waals surface area (Å²) in [4.78, 5) is 16.1. The number of imidazole rings is 1. The summed E-state index contributed by atoms with van der Waals surface area (Å²) in [6, 6.07) is 10.2. The van der Waals surface area contributed by atoms with Gasteiger partial charge in [0.25, 0.3) is 0 Å². The van der Waals surface area contributed by atoms with E-state index in [1.165, 1.54) is 11.8 Å². The molecule has 5 heteroatoms. The molecule has 0 aliphatic rings. The lowest BCUT2D eigenvalue weighted by molar-refractivity contribution is -0.119. The molecule has 2 rings (SSSR count). The van der Waals surface area contributed by atoms with E-state index in [-0.39, 0.29) is 11.9 Å². The number of benzene rings is 1. The Morgan fingerprint density at radius 2 is 2.14 bits per heavy atom. The Labute approximate surface area is 130 Å². The maximum absolute atomic E-state index is 11.9. The van der Waals surface area contributed by atoms with Gasteiger partial charge in [-0.15, -0.1) is 0 Å². The maximum Gasteiger partial charge on any atom is 0.230 e. The van der Waals surface area contributed by atoms with E-state index in [4.69, 9.17) is 0 Å². The summed E-state index contributed by atoms with van der Waals surface area (Å²) in [7, 11) is 0. The fourth-order valence-electron chi connectivity index (χ4n) is 2.28. The van der Waals surface area contributed by atoms with E-state index < -0.39 is 0 Å². The molecule has 0 aliphatic carbocycles. The number of hydrogen-bond donors (Lipinski definition) is 1. The fraction of sp³-hybridized carbons (Fsp3) is 0.375. The molecular formula is C16H21N3OS. The van der Waals surface area contributed by atoms with Crippen molar-refractivity contribution in [3.63, 3.8) is 0 Å². The average molecular weight is 303 g/mol. The van der Waals surface area contributed by atoms with E-state index in [0.29, 0.717) is 5.75 Å². The minimum Gasteiger partial charge on any atom is -0.349 e. The van der Waals surface area contributed by atoms with Crippen LogP contribution in [0, 0.1) is 6.92 Å². The Hall–Kier alpha value is -1.75. The number of carbonyl (C=O) groups excluding carboxylic acids is 1. The number of aromatic nitrogens is 2. The first kappa shape index (κ1) is 15.6. The molecule has 1 heterocycles. The molecule has 0 bridgehead atoms. The highest BCUT2D eigenvalue weighted by atomic mass is 32.2. The molecule has 1 aromatic carbocycles. The Balaban J connectivity index is 2.05. The van der Waals surface area contributed by atoms with Crippen molar-refractivity contribution in [2.75, 3.05) is 12.0 Å². The third-order valence-electron chi connectivity index (χ3n) is 3.39. The smallest absolute Gasteiger partial charge is 0.230 e. The molecule has 1 aromatic heterocycles. The summed E-state index contributed by atoms with van der Waals surface area (Å²) in [5.41, 5.74) is 1.14. The standard InChI is InChI=1S/C16H21N3OS/c1-13-17-9-11-19(13)10-8-15(18-16(20)12-21-2)14-6-4-3-5-7-14/h3-7,9,11,15H,8,10,12H2,1-2H3,(H,18,20)/t15-/m1/s1. The molecule has 0 saturated heterocycles. The number of carbonyl (C=O) groups is 1. The summed E-state index contributed by atoms with van der Waals surface area (Å²) < 4.78 is 2.11. The highest BCUT2D eigenvalue weighted by Crippen LogP contribution is 2.18. The SMILES string of the molecule is CSCC(=O)N[C@H](CCn1ccnc1C)c1ccccc1. The average Bonchev–Trinajstić information content (AvgIpc) is 2.90. The van der Waals surface area contributed by atoms with Crippen molar-refractivity contribution in [2.45, 2.75) is 25.9 Å². The van der Waals surface area contributed by atoms with Crippen molar-refractivity contribution in [1.29, 1.82) is 0 Å². The number of nitrogens with one attached hydrogen (secondary N) is 1. The number of nitrogens with zero attached hydrogens (tertiary/aromatic N) is 2. The van der Waals surface area contributed by atoms with Crippen molar-refractivity contribution in [1.82, 2.24) is 14.9 Å². The highest BCUT2D eigenvalue weighted by Gasteiger charge is 2.14. The topological polar surface area (TPSA) is 46.9 Å². The van der Waals surface area contributed by atoms with Crippen LogP contribution in [-0.2, 0) is 11.3 Å². The van der Waals surface area contributed by atoms with Crippen LogP contribution in [0.5, 0.6) is 0 Å². The van der Waals surface area contributed by atoms with E-state index in [1.54, 1.807) is 6.20 Å². The monoisotopic (exact) mass is 303 g/mol. The van der Waals surface area contributed by atoms with Gasteiger partial charge in [-0.25, -0.2) is 4.98 Å². The molecule has 2 aromatic rings. The summed E-state index contributed by atoms with van der Waals surface area (Å²) >= 11 is 1.54. The lowest BCUT2D eigenvalue weighted by Crippen LogP contribution is -2.30. The van der Waals surface area contributed by atoms with Crippen molar-refractivity contribution < 1.29 is 4.79 Å². The van der Waals surface area contributed by atoms with Gasteiger partial charge in [0.1, 0.15) is 5.82 Å². The molecule has 0 fully saturated rings. The van der Waals surface area contributed by atoms with Gasteiger partial charge in [-0.2, -0.15) is 11.8 Å². The zero-order chi connectivity index (χ0) is 15.1. The summed E-state index contributed by atoms with van der Waals surface area (Å²) in [6.45, 7) is 2.83. The van der Waals surface area contributed by atoms with E-state index in [9.17, 15) is 4.79 Å². The van der Waals surface area contributed by atoms with Gasteiger partial charge in [0.05, 0.1) is 11.8 Å². The van der Waals surface area contributed by atoms with Gasteiger partial charge in [0, 0.05) is 18.9 Å². The van der Waals surface area contributed by atoms with Crippen molar-refractivity contribution in [3.8, 4) is 0 Å². The molecule has 1 atom stereocenters. The van der Waals surface area contributed by atoms with Gasteiger partial charge < -0.3 is 9.88 Å². The molecule has 0 unspecified atom stereocenters. The quantitative estimate of drug-likeness (QED) is 0.855. The lowest BCUT2D eigenvalue weighted by atomic mass is 10.0. The minimum atomic E-state index is 0.0349. The van der Waals surface area contributed by atoms with Crippen LogP contribution in [0.25, 0.3) is 0 Å². The van der Waals surface area contributed by atoms with Crippen LogP contribution >= 0.6 is 11.8 Å². The van der Waals surface area contributed by atoms with E-state index >= 15 is 0 Å². The van der Waals surface area contributed by atoms with E-state index in [2.05, 4.69) is 27.0 Å². The second-order valence-electron chi connectivity index (χ2n) is 4.92. The molecule has 112 valence electrons. The predicted molar refractivity (Wildman–Crippen MR) is 87.3 cm³/mol. The van der Waals surface area contributed by atoms with Crippen LogP contribution in [-0.4, -0.2) is 27.5 Å². The molecule has 0 aliphatic heterocycles. The number of aryl methyl sites for hydroxylation is 2. The fourth-order valence-corrected chi connectivity index (χ4v) is 2.63. The molecule has 0 saturated carbocycles. The second kappa shape index (κ2) is 7.88. The molecule has 1 amide bonds. The van der Waals surface area contributed by atoms with Crippen LogP contribution in [0.1, 0.15) is 23.9 Å². The molecule has 4 nitrogen and oxygen atoms in total. The van der Waals surface area contributed by atoms with Crippen LogP contribution in [0.3, 0.4) is 0 Å². The van der Waals surface area contributed by atoms with Crippen LogP contribution < -0.4 is 5.32 Å². The number of thioether (sulfide) groups is 1. The van der Waals surface area contributed by atoms with Gasteiger partial charge in [-0.3, -0.25) is 4.79 Å². The van der Waals surface area contributed by atoms with Gasteiger partial charge in [-0.05, 0) is 25.2 Å². The van der Waals surface area contributed by atoms with Crippen LogP contribution in [0.4, 0.5) is 0 Å². The van der Waals surface area contributed by atoms with Gasteiger partial charge in [0.2, 0.25) is 5.91 Å². The normalized spacial score (nSPS) is 12.1. The van der Waals surface area contributed by atoms with E-state index in [1.807, 2.05) is 37.6 Å². The number of amides is 1. The van der Waals surface area contributed by atoms with Crippen LogP contribution in [0.15, 0.2) is 42.7 Å². The summed E-state index contributed by atoms with van der Waals surface area (Å²) in [6.07, 6.45) is 6.56. The first-order chi connectivity index (χ1) is 10.2.